The van der Waals surface area contributed by atoms with Crippen LogP contribution < -0.4 is 5.32 Å². The minimum atomic E-state index is 0.117. The second-order valence-electron chi connectivity index (χ2n) is 5.65. The number of rotatable bonds is 4. The van der Waals surface area contributed by atoms with Crippen molar-refractivity contribution in [3.63, 3.8) is 0 Å². The summed E-state index contributed by atoms with van der Waals surface area (Å²) < 4.78 is 0. The van der Waals surface area contributed by atoms with E-state index in [0.717, 1.165) is 5.82 Å². The number of anilines is 1. The van der Waals surface area contributed by atoms with Gasteiger partial charge in [0.1, 0.15) is 5.82 Å². The molecule has 0 saturated heterocycles. The molecule has 1 amide bonds. The first-order valence-electron chi connectivity index (χ1n) is 6.21. The van der Waals surface area contributed by atoms with E-state index in [4.69, 9.17) is 0 Å². The first kappa shape index (κ1) is 14.5. The highest BCUT2D eigenvalue weighted by molar-refractivity contribution is 5.76. The highest BCUT2D eigenvalue weighted by atomic mass is 16.2. The van der Waals surface area contributed by atoms with Crippen LogP contribution in [0.3, 0.4) is 0 Å². The molecule has 1 aromatic rings. The van der Waals surface area contributed by atoms with Crippen molar-refractivity contribution in [2.75, 3.05) is 26.0 Å². The van der Waals surface area contributed by atoms with Gasteiger partial charge in [-0.15, -0.1) is 0 Å². The van der Waals surface area contributed by atoms with E-state index in [1.54, 1.807) is 19.0 Å². The summed E-state index contributed by atoms with van der Waals surface area (Å²) >= 11 is 0. The first-order valence-corrected chi connectivity index (χ1v) is 6.21. The zero-order valence-corrected chi connectivity index (χ0v) is 11.9. The Morgan fingerprint density at radius 1 is 1.33 bits per heavy atom. The monoisotopic (exact) mass is 249 g/mol. The summed E-state index contributed by atoms with van der Waals surface area (Å²) in [6.45, 7) is 7.09. The van der Waals surface area contributed by atoms with Crippen molar-refractivity contribution in [3.8, 4) is 0 Å². The molecule has 4 nitrogen and oxygen atoms in total. The third-order valence-electron chi connectivity index (χ3n) is 2.77. The molecule has 100 valence electrons. The Kier molecular flexibility index (Phi) is 4.70. The van der Waals surface area contributed by atoms with E-state index in [9.17, 15) is 4.79 Å². The molecule has 0 aliphatic heterocycles. The maximum Gasteiger partial charge on any atom is 0.223 e. The van der Waals surface area contributed by atoms with Gasteiger partial charge in [0.15, 0.2) is 0 Å². The molecule has 0 saturated carbocycles. The first-order chi connectivity index (χ1) is 8.30. The summed E-state index contributed by atoms with van der Waals surface area (Å²) in [6, 6.07) is 4.03. The predicted octanol–water partition coefficient (Wildman–Crippen LogP) is 2.27. The second kappa shape index (κ2) is 5.85. The topological polar surface area (TPSA) is 45.2 Å². The van der Waals surface area contributed by atoms with Gasteiger partial charge in [-0.25, -0.2) is 4.98 Å². The largest absolute Gasteiger partial charge is 0.370 e. The van der Waals surface area contributed by atoms with E-state index in [-0.39, 0.29) is 11.3 Å². The fourth-order valence-corrected chi connectivity index (χ4v) is 1.46. The number of carbonyl (C=O) groups is 1. The van der Waals surface area contributed by atoms with Gasteiger partial charge in [-0.2, -0.15) is 0 Å². The third kappa shape index (κ3) is 4.35. The Bertz CT molecular complexity index is 390. The fourth-order valence-electron chi connectivity index (χ4n) is 1.46. The Balaban J connectivity index is 2.47. The van der Waals surface area contributed by atoms with Crippen LogP contribution in [-0.4, -0.2) is 36.4 Å². The minimum absolute atomic E-state index is 0.117. The highest BCUT2D eigenvalue weighted by Gasteiger charge is 2.13. The number of pyridine rings is 1. The summed E-state index contributed by atoms with van der Waals surface area (Å²) in [6.07, 6.45) is 2.37. The summed E-state index contributed by atoms with van der Waals surface area (Å²) in [5.74, 6) is 0.934. The van der Waals surface area contributed by atoms with Gasteiger partial charge in [0.25, 0.3) is 0 Å². The van der Waals surface area contributed by atoms with Crippen molar-refractivity contribution in [2.24, 2.45) is 0 Å². The van der Waals surface area contributed by atoms with Gasteiger partial charge in [0, 0.05) is 33.3 Å². The van der Waals surface area contributed by atoms with Crippen molar-refractivity contribution in [3.05, 3.63) is 23.9 Å². The lowest BCUT2D eigenvalue weighted by atomic mass is 9.88. The number of hydrogen-bond acceptors (Lipinski definition) is 3. The second-order valence-corrected chi connectivity index (χ2v) is 5.65. The standard InChI is InChI=1S/C14H23N3O/c1-14(2,3)11-6-7-12(16-10-11)15-9-8-13(18)17(4)5/h6-7,10H,8-9H2,1-5H3,(H,15,16). The van der Waals surface area contributed by atoms with Crippen molar-refractivity contribution in [1.29, 1.82) is 0 Å². The highest BCUT2D eigenvalue weighted by Crippen LogP contribution is 2.21. The van der Waals surface area contributed by atoms with E-state index >= 15 is 0 Å². The molecule has 1 aromatic heterocycles. The number of nitrogens with zero attached hydrogens (tertiary/aromatic N) is 2. The van der Waals surface area contributed by atoms with Gasteiger partial charge in [-0.05, 0) is 17.0 Å². The molecule has 0 radical (unpaired) electrons. The fraction of sp³-hybridized carbons (Fsp3) is 0.571. The molecule has 0 atom stereocenters. The molecule has 0 bridgehead atoms. The van der Waals surface area contributed by atoms with E-state index in [2.05, 4.69) is 37.1 Å². The summed E-state index contributed by atoms with van der Waals surface area (Å²) in [5.41, 5.74) is 1.32. The van der Waals surface area contributed by atoms with E-state index in [0.29, 0.717) is 13.0 Å². The molecule has 0 spiro atoms. The summed E-state index contributed by atoms with van der Waals surface area (Å²) in [7, 11) is 3.53. The van der Waals surface area contributed by atoms with Crippen LogP contribution in [0.2, 0.25) is 0 Å². The zero-order chi connectivity index (χ0) is 13.8. The molecule has 4 heteroatoms. The lowest BCUT2D eigenvalue weighted by molar-refractivity contribution is -0.128. The maximum atomic E-state index is 11.4. The van der Waals surface area contributed by atoms with Gasteiger partial charge >= 0.3 is 0 Å². The lowest BCUT2D eigenvalue weighted by Gasteiger charge is -2.18. The SMILES string of the molecule is CN(C)C(=O)CCNc1ccc(C(C)(C)C)cn1. The van der Waals surface area contributed by atoms with E-state index < -0.39 is 0 Å². The molecule has 18 heavy (non-hydrogen) atoms. The van der Waals surface area contributed by atoms with Crippen LogP contribution in [0.25, 0.3) is 0 Å². The average Bonchev–Trinajstić information content (AvgIpc) is 2.28. The van der Waals surface area contributed by atoms with Crippen molar-refractivity contribution < 1.29 is 4.79 Å². The average molecular weight is 249 g/mol. The zero-order valence-electron chi connectivity index (χ0n) is 11.9. The molecule has 1 heterocycles. The molecule has 0 aliphatic rings. The maximum absolute atomic E-state index is 11.4. The predicted molar refractivity (Wildman–Crippen MR) is 74.7 cm³/mol. The molecule has 0 unspecified atom stereocenters. The Morgan fingerprint density at radius 2 is 2.00 bits per heavy atom. The van der Waals surface area contributed by atoms with E-state index in [1.165, 1.54) is 5.56 Å². The number of carbonyl (C=O) groups excluding carboxylic acids is 1. The van der Waals surface area contributed by atoms with Crippen molar-refractivity contribution in [1.82, 2.24) is 9.88 Å². The van der Waals surface area contributed by atoms with Crippen molar-refractivity contribution in [2.45, 2.75) is 32.6 Å². The molecule has 1 rings (SSSR count). The van der Waals surface area contributed by atoms with Gasteiger partial charge in [-0.3, -0.25) is 4.79 Å². The van der Waals surface area contributed by atoms with Gasteiger partial charge in [0.2, 0.25) is 5.91 Å². The smallest absolute Gasteiger partial charge is 0.223 e. The van der Waals surface area contributed by atoms with Crippen LogP contribution in [-0.2, 0) is 10.2 Å². The molecular formula is C14H23N3O. The van der Waals surface area contributed by atoms with Crippen LogP contribution in [0.5, 0.6) is 0 Å². The summed E-state index contributed by atoms with van der Waals surface area (Å²) in [5, 5.41) is 3.15. The lowest BCUT2D eigenvalue weighted by Crippen LogP contribution is -2.24. The van der Waals surface area contributed by atoms with Crippen molar-refractivity contribution >= 4 is 11.7 Å². The Hall–Kier alpha value is -1.58. The summed E-state index contributed by atoms with van der Waals surface area (Å²) in [4.78, 5) is 17.3. The Morgan fingerprint density at radius 3 is 2.44 bits per heavy atom. The third-order valence-corrected chi connectivity index (χ3v) is 2.77. The number of amides is 1. The number of aromatic nitrogens is 1. The van der Waals surface area contributed by atoms with Crippen LogP contribution in [0.1, 0.15) is 32.8 Å². The quantitative estimate of drug-likeness (QED) is 0.890. The minimum Gasteiger partial charge on any atom is -0.370 e. The van der Waals surface area contributed by atoms with Gasteiger partial charge < -0.3 is 10.2 Å². The number of hydrogen-bond donors (Lipinski definition) is 1. The van der Waals surface area contributed by atoms with Crippen LogP contribution in [0.15, 0.2) is 18.3 Å². The molecule has 0 aliphatic carbocycles. The Labute approximate surface area is 109 Å². The van der Waals surface area contributed by atoms with Crippen LogP contribution in [0.4, 0.5) is 5.82 Å². The van der Waals surface area contributed by atoms with Gasteiger partial charge in [0.05, 0.1) is 0 Å². The van der Waals surface area contributed by atoms with Gasteiger partial charge in [-0.1, -0.05) is 26.8 Å². The number of nitrogens with one attached hydrogen (secondary N) is 1. The van der Waals surface area contributed by atoms with Crippen LogP contribution in [0, 0.1) is 0 Å². The van der Waals surface area contributed by atoms with Crippen LogP contribution >= 0.6 is 0 Å². The molecule has 0 aromatic carbocycles. The molecule has 1 N–H and O–H groups in total. The molecular weight excluding hydrogens is 226 g/mol. The molecule has 0 fully saturated rings. The normalized spacial score (nSPS) is 11.2. The van der Waals surface area contributed by atoms with E-state index in [1.807, 2.05) is 12.3 Å².